The predicted octanol–water partition coefficient (Wildman–Crippen LogP) is 2.77. The van der Waals surface area contributed by atoms with Crippen molar-refractivity contribution in [3.8, 4) is 0 Å². The first-order valence-corrected chi connectivity index (χ1v) is 6.21. The van der Waals surface area contributed by atoms with Gasteiger partial charge in [0.05, 0.1) is 6.10 Å². The molecule has 15 heavy (non-hydrogen) atoms. The molecule has 0 saturated heterocycles. The summed E-state index contributed by atoms with van der Waals surface area (Å²) >= 11 is 1.73. The second-order valence-corrected chi connectivity index (χ2v) is 5.94. The lowest BCUT2D eigenvalue weighted by atomic mass is 9.78. The molecule has 0 aliphatic heterocycles. The van der Waals surface area contributed by atoms with Crippen molar-refractivity contribution in [3.63, 3.8) is 0 Å². The van der Waals surface area contributed by atoms with Crippen LogP contribution in [-0.4, -0.2) is 11.7 Å². The molecule has 3 N–H and O–H groups in total. The van der Waals surface area contributed by atoms with E-state index < -0.39 is 6.10 Å². The molecular formula is C12H21NOS. The van der Waals surface area contributed by atoms with Crippen molar-refractivity contribution in [1.82, 2.24) is 0 Å². The van der Waals surface area contributed by atoms with E-state index in [-0.39, 0.29) is 5.41 Å². The summed E-state index contributed by atoms with van der Waals surface area (Å²) in [6, 6.07) is 2.08. The Balaban J connectivity index is 3.02. The Morgan fingerprint density at radius 3 is 2.47 bits per heavy atom. The van der Waals surface area contributed by atoms with E-state index in [1.807, 2.05) is 6.92 Å². The van der Waals surface area contributed by atoms with Crippen molar-refractivity contribution in [1.29, 1.82) is 0 Å². The van der Waals surface area contributed by atoms with Crippen LogP contribution in [0, 0.1) is 19.3 Å². The SMILES string of the molecule is CCC(C)(CN)C(O)c1cc(C)sc1C. The van der Waals surface area contributed by atoms with Crippen molar-refractivity contribution < 1.29 is 5.11 Å². The lowest BCUT2D eigenvalue weighted by Gasteiger charge is -2.32. The van der Waals surface area contributed by atoms with Crippen LogP contribution in [0.4, 0.5) is 0 Å². The van der Waals surface area contributed by atoms with Crippen LogP contribution >= 0.6 is 11.3 Å². The van der Waals surface area contributed by atoms with Gasteiger partial charge in [0.15, 0.2) is 0 Å². The summed E-state index contributed by atoms with van der Waals surface area (Å²) in [6.45, 7) is 8.76. The molecule has 0 aromatic carbocycles. The third-order valence-corrected chi connectivity index (χ3v) is 4.29. The van der Waals surface area contributed by atoms with E-state index in [2.05, 4.69) is 26.8 Å². The quantitative estimate of drug-likeness (QED) is 0.831. The summed E-state index contributed by atoms with van der Waals surface area (Å²) in [7, 11) is 0. The molecule has 0 aliphatic rings. The van der Waals surface area contributed by atoms with Crippen LogP contribution in [-0.2, 0) is 0 Å². The normalized spacial score (nSPS) is 17.5. The van der Waals surface area contributed by atoms with E-state index in [1.165, 1.54) is 9.75 Å². The molecule has 2 nitrogen and oxygen atoms in total. The maximum absolute atomic E-state index is 10.4. The molecular weight excluding hydrogens is 206 g/mol. The first-order valence-electron chi connectivity index (χ1n) is 5.39. The van der Waals surface area contributed by atoms with Crippen LogP contribution < -0.4 is 5.73 Å². The number of nitrogens with two attached hydrogens (primary N) is 1. The van der Waals surface area contributed by atoms with Crippen molar-refractivity contribution in [2.75, 3.05) is 6.54 Å². The molecule has 0 saturated carbocycles. The Morgan fingerprint density at radius 1 is 1.53 bits per heavy atom. The summed E-state index contributed by atoms with van der Waals surface area (Å²) in [5, 5.41) is 10.4. The summed E-state index contributed by atoms with van der Waals surface area (Å²) < 4.78 is 0. The second-order valence-electron chi connectivity index (χ2n) is 4.48. The molecule has 0 fully saturated rings. The molecule has 1 rings (SSSR count). The van der Waals surface area contributed by atoms with E-state index in [0.717, 1.165) is 12.0 Å². The van der Waals surface area contributed by atoms with Gasteiger partial charge in [0.1, 0.15) is 0 Å². The van der Waals surface area contributed by atoms with Gasteiger partial charge in [-0.25, -0.2) is 0 Å². The van der Waals surface area contributed by atoms with Gasteiger partial charge in [0, 0.05) is 21.7 Å². The fourth-order valence-electron chi connectivity index (χ4n) is 1.75. The summed E-state index contributed by atoms with van der Waals surface area (Å²) in [5.41, 5.74) is 6.59. The Morgan fingerprint density at radius 2 is 2.13 bits per heavy atom. The van der Waals surface area contributed by atoms with Crippen molar-refractivity contribution in [2.24, 2.45) is 11.1 Å². The predicted molar refractivity (Wildman–Crippen MR) is 66.2 cm³/mol. The number of aliphatic hydroxyl groups excluding tert-OH is 1. The van der Waals surface area contributed by atoms with Crippen LogP contribution in [0.3, 0.4) is 0 Å². The molecule has 0 aliphatic carbocycles. The Kier molecular flexibility index (Phi) is 3.93. The lowest BCUT2D eigenvalue weighted by molar-refractivity contribution is 0.0390. The van der Waals surface area contributed by atoms with Gasteiger partial charge in [0.25, 0.3) is 0 Å². The Hall–Kier alpha value is -0.380. The highest BCUT2D eigenvalue weighted by Crippen LogP contribution is 2.39. The number of aryl methyl sites for hydroxylation is 2. The van der Waals surface area contributed by atoms with Gasteiger partial charge in [-0.15, -0.1) is 11.3 Å². The van der Waals surface area contributed by atoms with Gasteiger partial charge in [-0.3, -0.25) is 0 Å². The fourth-order valence-corrected chi connectivity index (χ4v) is 2.70. The molecule has 1 aromatic heterocycles. The van der Waals surface area contributed by atoms with Crippen molar-refractivity contribution >= 4 is 11.3 Å². The van der Waals surface area contributed by atoms with Crippen molar-refractivity contribution in [2.45, 2.75) is 40.2 Å². The van der Waals surface area contributed by atoms with Gasteiger partial charge >= 0.3 is 0 Å². The highest BCUT2D eigenvalue weighted by Gasteiger charge is 2.32. The zero-order valence-electron chi connectivity index (χ0n) is 10.0. The van der Waals surface area contributed by atoms with Gasteiger partial charge in [-0.2, -0.15) is 0 Å². The fraction of sp³-hybridized carbons (Fsp3) is 0.667. The van der Waals surface area contributed by atoms with Gasteiger partial charge < -0.3 is 10.8 Å². The first-order chi connectivity index (χ1) is 6.94. The van der Waals surface area contributed by atoms with Crippen LogP contribution in [0.2, 0.25) is 0 Å². The molecule has 3 heteroatoms. The van der Waals surface area contributed by atoms with Gasteiger partial charge in [-0.05, 0) is 31.9 Å². The molecule has 2 atom stereocenters. The minimum absolute atomic E-state index is 0.210. The minimum Gasteiger partial charge on any atom is -0.388 e. The summed E-state index contributed by atoms with van der Waals surface area (Å²) in [6.07, 6.45) is 0.441. The zero-order valence-corrected chi connectivity index (χ0v) is 10.8. The van der Waals surface area contributed by atoms with Crippen LogP contribution in [0.25, 0.3) is 0 Å². The Labute approximate surface area is 96.1 Å². The van der Waals surface area contributed by atoms with Crippen LogP contribution in [0.15, 0.2) is 6.07 Å². The minimum atomic E-state index is -0.447. The van der Waals surface area contributed by atoms with Gasteiger partial charge in [0.2, 0.25) is 0 Å². The third-order valence-electron chi connectivity index (χ3n) is 3.31. The summed E-state index contributed by atoms with van der Waals surface area (Å²) in [4.78, 5) is 2.45. The molecule has 1 aromatic rings. The number of aliphatic hydroxyl groups is 1. The molecule has 1 heterocycles. The smallest absolute Gasteiger partial charge is 0.0866 e. The number of thiophene rings is 1. The largest absolute Gasteiger partial charge is 0.388 e. The number of rotatable bonds is 4. The van der Waals surface area contributed by atoms with E-state index in [0.29, 0.717) is 6.54 Å². The second kappa shape index (κ2) is 4.64. The highest BCUT2D eigenvalue weighted by molar-refractivity contribution is 7.12. The zero-order chi connectivity index (χ0) is 11.6. The Bertz CT molecular complexity index is 328. The summed E-state index contributed by atoms with van der Waals surface area (Å²) in [5.74, 6) is 0. The topological polar surface area (TPSA) is 46.2 Å². The number of hydrogen-bond donors (Lipinski definition) is 2. The highest BCUT2D eigenvalue weighted by atomic mass is 32.1. The van der Waals surface area contributed by atoms with E-state index >= 15 is 0 Å². The van der Waals surface area contributed by atoms with Crippen LogP contribution in [0.1, 0.15) is 41.7 Å². The van der Waals surface area contributed by atoms with Gasteiger partial charge in [-0.1, -0.05) is 13.8 Å². The lowest BCUT2D eigenvalue weighted by Crippen LogP contribution is -2.33. The van der Waals surface area contributed by atoms with E-state index in [9.17, 15) is 5.11 Å². The standard InChI is InChI=1S/C12H21NOS/c1-5-12(4,7-13)11(14)10-6-8(2)15-9(10)3/h6,11,14H,5,7,13H2,1-4H3. The molecule has 0 amide bonds. The first kappa shape index (κ1) is 12.7. The molecule has 0 radical (unpaired) electrons. The molecule has 86 valence electrons. The van der Waals surface area contributed by atoms with E-state index in [1.54, 1.807) is 11.3 Å². The number of hydrogen-bond acceptors (Lipinski definition) is 3. The molecule has 2 unspecified atom stereocenters. The van der Waals surface area contributed by atoms with Crippen molar-refractivity contribution in [3.05, 3.63) is 21.4 Å². The maximum Gasteiger partial charge on any atom is 0.0866 e. The average molecular weight is 227 g/mol. The van der Waals surface area contributed by atoms with E-state index in [4.69, 9.17) is 5.73 Å². The molecule has 0 spiro atoms. The maximum atomic E-state index is 10.4. The monoisotopic (exact) mass is 227 g/mol. The molecule has 0 bridgehead atoms. The third kappa shape index (κ3) is 2.41. The average Bonchev–Trinajstić information content (AvgIpc) is 2.55. The van der Waals surface area contributed by atoms with Crippen LogP contribution in [0.5, 0.6) is 0 Å².